The Morgan fingerprint density at radius 1 is 1.17 bits per heavy atom. The molecule has 0 aliphatic carbocycles. The average molecular weight is 307 g/mol. The van der Waals surface area contributed by atoms with Gasteiger partial charge in [0.25, 0.3) is 5.56 Å². The summed E-state index contributed by atoms with van der Waals surface area (Å²) in [6, 6.07) is 12.9. The fourth-order valence-electron chi connectivity index (χ4n) is 2.76. The summed E-state index contributed by atoms with van der Waals surface area (Å²) < 4.78 is 1.49. The first kappa shape index (κ1) is 15.0. The lowest BCUT2D eigenvalue weighted by molar-refractivity contribution is -0.117. The van der Waals surface area contributed by atoms with E-state index in [2.05, 4.69) is 4.98 Å². The third kappa shape index (κ3) is 2.73. The zero-order valence-corrected chi connectivity index (χ0v) is 13.0. The third-order valence-corrected chi connectivity index (χ3v) is 3.77. The van der Waals surface area contributed by atoms with Crippen molar-refractivity contribution in [3.63, 3.8) is 0 Å². The molecule has 0 bridgehead atoms. The summed E-state index contributed by atoms with van der Waals surface area (Å²) >= 11 is 0. The van der Waals surface area contributed by atoms with E-state index < -0.39 is 5.91 Å². The number of nitrogens with zero attached hydrogens (tertiary/aromatic N) is 2. The highest BCUT2D eigenvalue weighted by Gasteiger charge is 2.15. The molecule has 0 radical (unpaired) electrons. The van der Waals surface area contributed by atoms with E-state index in [0.717, 1.165) is 16.8 Å². The number of hydrogen-bond acceptors (Lipinski definition) is 3. The summed E-state index contributed by atoms with van der Waals surface area (Å²) in [5.74, 6) is -0.168. The SMILES string of the molecule is Cc1ccc(-n2c(CC(N)=O)nc3ccccc3c2=O)c(C)c1. The van der Waals surface area contributed by atoms with Crippen molar-refractivity contribution in [2.75, 3.05) is 0 Å². The van der Waals surface area contributed by atoms with Crippen molar-refractivity contribution in [2.24, 2.45) is 5.73 Å². The quantitative estimate of drug-likeness (QED) is 0.804. The molecule has 0 fully saturated rings. The Hall–Kier alpha value is -2.95. The van der Waals surface area contributed by atoms with Crippen molar-refractivity contribution < 1.29 is 4.79 Å². The average Bonchev–Trinajstić information content (AvgIpc) is 2.48. The maximum Gasteiger partial charge on any atom is 0.265 e. The fraction of sp³-hybridized carbons (Fsp3) is 0.167. The molecule has 2 aromatic carbocycles. The number of fused-ring (bicyclic) bond motifs is 1. The van der Waals surface area contributed by atoms with Gasteiger partial charge in [0.1, 0.15) is 5.82 Å². The van der Waals surface area contributed by atoms with Crippen molar-refractivity contribution >= 4 is 16.8 Å². The van der Waals surface area contributed by atoms with Crippen molar-refractivity contribution in [2.45, 2.75) is 20.3 Å². The molecule has 0 saturated heterocycles. The molecule has 0 aliphatic rings. The van der Waals surface area contributed by atoms with Gasteiger partial charge in [0, 0.05) is 0 Å². The van der Waals surface area contributed by atoms with Crippen molar-refractivity contribution in [3.05, 3.63) is 69.8 Å². The van der Waals surface area contributed by atoms with E-state index in [1.54, 1.807) is 18.2 Å². The van der Waals surface area contributed by atoms with E-state index in [1.165, 1.54) is 4.57 Å². The number of para-hydroxylation sites is 1. The number of aryl methyl sites for hydroxylation is 2. The molecule has 1 amide bonds. The summed E-state index contributed by atoms with van der Waals surface area (Å²) in [7, 11) is 0. The van der Waals surface area contributed by atoms with Gasteiger partial charge in [-0.1, -0.05) is 29.8 Å². The predicted molar refractivity (Wildman–Crippen MR) is 89.7 cm³/mol. The Labute approximate surface area is 133 Å². The topological polar surface area (TPSA) is 78.0 Å². The van der Waals surface area contributed by atoms with Crippen LogP contribution < -0.4 is 11.3 Å². The number of nitrogens with two attached hydrogens (primary N) is 1. The summed E-state index contributed by atoms with van der Waals surface area (Å²) in [5.41, 5.74) is 8.46. The van der Waals surface area contributed by atoms with Gasteiger partial charge in [0.15, 0.2) is 0 Å². The third-order valence-electron chi connectivity index (χ3n) is 3.77. The maximum absolute atomic E-state index is 12.9. The molecule has 3 aromatic rings. The van der Waals surface area contributed by atoms with Crippen LogP contribution in [0.2, 0.25) is 0 Å². The van der Waals surface area contributed by atoms with Crippen LogP contribution in [0.1, 0.15) is 17.0 Å². The first-order valence-electron chi connectivity index (χ1n) is 7.34. The number of carbonyl (C=O) groups excluding carboxylic acids is 1. The first-order chi connectivity index (χ1) is 11.0. The van der Waals surface area contributed by atoms with Gasteiger partial charge in [0.2, 0.25) is 5.91 Å². The zero-order chi connectivity index (χ0) is 16.6. The van der Waals surface area contributed by atoms with Gasteiger partial charge < -0.3 is 5.73 Å². The molecular weight excluding hydrogens is 290 g/mol. The van der Waals surface area contributed by atoms with Crippen LogP contribution in [0.15, 0.2) is 47.3 Å². The normalized spacial score (nSPS) is 10.9. The summed E-state index contributed by atoms with van der Waals surface area (Å²) in [5, 5.41) is 0.515. The Morgan fingerprint density at radius 2 is 1.91 bits per heavy atom. The van der Waals surface area contributed by atoms with Crippen molar-refractivity contribution in [1.29, 1.82) is 0 Å². The van der Waals surface area contributed by atoms with Gasteiger partial charge in [-0.2, -0.15) is 0 Å². The standard InChI is InChI=1S/C18H17N3O2/c1-11-7-8-15(12(2)9-11)21-17(10-16(19)22)20-14-6-4-3-5-13(14)18(21)23/h3-9H,10H2,1-2H3,(H2,19,22). The van der Waals surface area contributed by atoms with E-state index in [1.807, 2.05) is 38.1 Å². The molecule has 0 atom stereocenters. The molecule has 0 aliphatic heterocycles. The molecule has 116 valence electrons. The van der Waals surface area contributed by atoms with Gasteiger partial charge >= 0.3 is 0 Å². The number of hydrogen-bond donors (Lipinski definition) is 1. The highest BCUT2D eigenvalue weighted by atomic mass is 16.1. The van der Waals surface area contributed by atoms with E-state index in [9.17, 15) is 9.59 Å². The Bertz CT molecular complexity index is 974. The molecule has 1 heterocycles. The van der Waals surface area contributed by atoms with Crippen LogP contribution in [0.25, 0.3) is 16.6 Å². The molecule has 1 aromatic heterocycles. The number of benzene rings is 2. The highest BCUT2D eigenvalue weighted by molar-refractivity contribution is 5.80. The highest BCUT2D eigenvalue weighted by Crippen LogP contribution is 2.18. The van der Waals surface area contributed by atoms with Crippen LogP contribution in [0.3, 0.4) is 0 Å². The van der Waals surface area contributed by atoms with Crippen LogP contribution in [-0.2, 0) is 11.2 Å². The monoisotopic (exact) mass is 307 g/mol. The number of carbonyl (C=O) groups is 1. The van der Waals surface area contributed by atoms with Gasteiger partial charge in [-0.3, -0.25) is 14.2 Å². The van der Waals surface area contributed by atoms with Crippen LogP contribution in [0.4, 0.5) is 0 Å². The zero-order valence-electron chi connectivity index (χ0n) is 13.0. The number of aromatic nitrogens is 2. The summed E-state index contributed by atoms with van der Waals surface area (Å²) in [6.45, 7) is 3.92. The molecular formula is C18H17N3O2. The van der Waals surface area contributed by atoms with E-state index >= 15 is 0 Å². The van der Waals surface area contributed by atoms with Gasteiger partial charge in [-0.15, -0.1) is 0 Å². The molecule has 0 spiro atoms. The minimum atomic E-state index is -0.523. The second-order valence-electron chi connectivity index (χ2n) is 5.62. The number of amides is 1. The van der Waals surface area contributed by atoms with Crippen LogP contribution in [0, 0.1) is 13.8 Å². The predicted octanol–water partition coefficient (Wildman–Crippen LogP) is 2.03. The second kappa shape index (κ2) is 5.68. The smallest absolute Gasteiger partial charge is 0.265 e. The van der Waals surface area contributed by atoms with E-state index in [-0.39, 0.29) is 12.0 Å². The van der Waals surface area contributed by atoms with E-state index in [4.69, 9.17) is 5.73 Å². The van der Waals surface area contributed by atoms with Crippen LogP contribution in [-0.4, -0.2) is 15.5 Å². The molecule has 0 saturated carbocycles. The molecule has 2 N–H and O–H groups in total. The number of rotatable bonds is 3. The second-order valence-corrected chi connectivity index (χ2v) is 5.62. The first-order valence-corrected chi connectivity index (χ1v) is 7.34. The summed E-state index contributed by atoms with van der Waals surface area (Å²) in [6.07, 6.45) is -0.0899. The minimum Gasteiger partial charge on any atom is -0.369 e. The van der Waals surface area contributed by atoms with Crippen molar-refractivity contribution in [1.82, 2.24) is 9.55 Å². The lowest BCUT2D eigenvalue weighted by atomic mass is 10.1. The molecule has 0 unspecified atom stereocenters. The van der Waals surface area contributed by atoms with Crippen LogP contribution >= 0.6 is 0 Å². The molecule has 5 nitrogen and oxygen atoms in total. The minimum absolute atomic E-state index is 0.0899. The number of primary amides is 1. The van der Waals surface area contributed by atoms with Gasteiger partial charge in [0.05, 0.1) is 23.0 Å². The Morgan fingerprint density at radius 3 is 2.61 bits per heavy atom. The Balaban J connectivity index is 2.39. The van der Waals surface area contributed by atoms with Gasteiger partial charge in [-0.25, -0.2) is 4.98 Å². The lowest BCUT2D eigenvalue weighted by Gasteiger charge is -2.15. The summed E-state index contributed by atoms with van der Waals surface area (Å²) in [4.78, 5) is 28.8. The fourth-order valence-corrected chi connectivity index (χ4v) is 2.76. The lowest BCUT2D eigenvalue weighted by Crippen LogP contribution is -2.28. The molecule has 23 heavy (non-hydrogen) atoms. The molecule has 3 rings (SSSR count). The van der Waals surface area contributed by atoms with Crippen LogP contribution in [0.5, 0.6) is 0 Å². The van der Waals surface area contributed by atoms with Crippen molar-refractivity contribution in [3.8, 4) is 5.69 Å². The largest absolute Gasteiger partial charge is 0.369 e. The Kier molecular flexibility index (Phi) is 3.70. The van der Waals surface area contributed by atoms with E-state index in [0.29, 0.717) is 16.7 Å². The van der Waals surface area contributed by atoms with Gasteiger partial charge in [-0.05, 0) is 37.6 Å². The maximum atomic E-state index is 12.9. The molecule has 5 heteroatoms.